The van der Waals surface area contributed by atoms with Gasteiger partial charge in [0, 0.05) is 36.1 Å². The van der Waals surface area contributed by atoms with E-state index in [0.717, 1.165) is 5.69 Å². The topological polar surface area (TPSA) is 76.5 Å². The highest BCUT2D eigenvalue weighted by molar-refractivity contribution is 5.98. The van der Waals surface area contributed by atoms with Gasteiger partial charge < -0.3 is 15.0 Å². The molecule has 0 bridgehead atoms. The summed E-state index contributed by atoms with van der Waals surface area (Å²) in [5.41, 5.74) is 3.44. The first-order valence-electron chi connectivity index (χ1n) is 11.2. The summed E-state index contributed by atoms with van der Waals surface area (Å²) < 4.78 is 20.3. The molecular formula is C28H25FN4O3. The highest BCUT2D eigenvalue weighted by Gasteiger charge is 2.14. The van der Waals surface area contributed by atoms with Crippen molar-refractivity contribution in [3.63, 3.8) is 0 Å². The minimum atomic E-state index is -0.350. The molecule has 0 fully saturated rings. The lowest BCUT2D eigenvalue weighted by atomic mass is 10.1. The maximum Gasteiger partial charge on any atom is 0.246 e. The molecule has 1 N–H and O–H groups in total. The number of rotatable bonds is 8. The first kappa shape index (κ1) is 24.4. The minimum absolute atomic E-state index is 0.122. The number of nitrogens with zero attached hydrogens (tertiary/aromatic N) is 3. The zero-order chi connectivity index (χ0) is 25.5. The number of para-hydroxylation sites is 1. The molecule has 0 aliphatic carbocycles. The third-order valence-electron chi connectivity index (χ3n) is 5.42. The van der Waals surface area contributed by atoms with Crippen molar-refractivity contribution >= 4 is 23.6 Å². The molecule has 0 saturated carbocycles. The van der Waals surface area contributed by atoms with Gasteiger partial charge in [-0.25, -0.2) is 9.07 Å². The maximum absolute atomic E-state index is 13.5. The van der Waals surface area contributed by atoms with E-state index in [-0.39, 0.29) is 24.2 Å². The summed E-state index contributed by atoms with van der Waals surface area (Å²) in [5.74, 6) is -0.338. The summed E-state index contributed by atoms with van der Waals surface area (Å²) in [7, 11) is 3.12. The number of hydrogen-bond donors (Lipinski definition) is 1. The second-order valence-electron chi connectivity index (χ2n) is 8.02. The second kappa shape index (κ2) is 11.1. The molecule has 4 rings (SSSR count). The van der Waals surface area contributed by atoms with Gasteiger partial charge in [-0.05, 0) is 66.7 Å². The molecule has 0 radical (unpaired) electrons. The van der Waals surface area contributed by atoms with E-state index in [2.05, 4.69) is 10.4 Å². The highest BCUT2D eigenvalue weighted by Crippen LogP contribution is 2.25. The van der Waals surface area contributed by atoms with Crippen LogP contribution in [0.1, 0.15) is 5.56 Å². The van der Waals surface area contributed by atoms with E-state index in [9.17, 15) is 14.0 Å². The Morgan fingerprint density at radius 2 is 1.72 bits per heavy atom. The fraction of sp³-hybridized carbons (Fsp3) is 0.107. The summed E-state index contributed by atoms with van der Waals surface area (Å²) in [6.07, 6.45) is 4.83. The SMILES string of the molecule is COc1ccc(NC(=O)CN(C)C(=O)C=Cc2cn(-c3ccccc3)nc2-c2ccc(F)cc2)cc1. The van der Waals surface area contributed by atoms with Gasteiger partial charge in [-0.3, -0.25) is 9.59 Å². The standard InChI is InChI=1S/C28H25FN4O3/c1-32(19-26(34)30-23-13-15-25(36-2)16-14-23)27(35)17-10-21-18-33(24-6-4-3-5-7-24)31-28(21)20-8-11-22(29)12-9-20/h3-18H,19H2,1-2H3,(H,30,34). The first-order chi connectivity index (χ1) is 17.4. The predicted octanol–water partition coefficient (Wildman–Crippen LogP) is 4.80. The lowest BCUT2D eigenvalue weighted by Gasteiger charge is -2.15. The van der Waals surface area contributed by atoms with E-state index >= 15 is 0 Å². The van der Waals surface area contributed by atoms with Crippen molar-refractivity contribution in [2.24, 2.45) is 0 Å². The zero-order valence-corrected chi connectivity index (χ0v) is 19.9. The van der Waals surface area contributed by atoms with Crippen LogP contribution in [0.25, 0.3) is 23.0 Å². The number of amides is 2. The van der Waals surface area contributed by atoms with Crippen molar-refractivity contribution in [3.8, 4) is 22.7 Å². The number of methoxy groups -OCH3 is 1. The van der Waals surface area contributed by atoms with Gasteiger partial charge >= 0.3 is 0 Å². The van der Waals surface area contributed by atoms with Crippen molar-refractivity contribution < 1.29 is 18.7 Å². The largest absolute Gasteiger partial charge is 0.497 e. The van der Waals surface area contributed by atoms with Crippen molar-refractivity contribution in [2.75, 3.05) is 26.0 Å². The number of anilines is 1. The minimum Gasteiger partial charge on any atom is -0.497 e. The van der Waals surface area contributed by atoms with Crippen molar-refractivity contribution in [2.45, 2.75) is 0 Å². The lowest BCUT2D eigenvalue weighted by molar-refractivity contribution is -0.129. The Labute approximate surface area is 208 Å². The molecule has 36 heavy (non-hydrogen) atoms. The summed E-state index contributed by atoms with van der Waals surface area (Å²) in [5, 5.41) is 7.41. The predicted molar refractivity (Wildman–Crippen MR) is 137 cm³/mol. The monoisotopic (exact) mass is 484 g/mol. The number of halogens is 1. The molecule has 8 heteroatoms. The van der Waals surface area contributed by atoms with Crippen LogP contribution >= 0.6 is 0 Å². The Hall–Kier alpha value is -4.72. The van der Waals surface area contributed by atoms with Gasteiger partial charge in [-0.2, -0.15) is 5.10 Å². The number of nitrogens with one attached hydrogen (secondary N) is 1. The molecular weight excluding hydrogens is 459 g/mol. The number of ether oxygens (including phenoxy) is 1. The Morgan fingerprint density at radius 1 is 1.03 bits per heavy atom. The van der Waals surface area contributed by atoms with Crippen molar-refractivity contribution in [3.05, 3.63) is 103 Å². The molecule has 0 saturated heterocycles. The van der Waals surface area contributed by atoms with Gasteiger partial charge in [-0.1, -0.05) is 18.2 Å². The molecule has 0 aliphatic heterocycles. The van der Waals surface area contributed by atoms with E-state index in [0.29, 0.717) is 28.3 Å². The third-order valence-corrected chi connectivity index (χ3v) is 5.42. The molecule has 0 atom stereocenters. The molecule has 2 amide bonds. The molecule has 3 aromatic carbocycles. The Bertz CT molecular complexity index is 1360. The van der Waals surface area contributed by atoms with E-state index in [1.165, 1.54) is 23.1 Å². The molecule has 7 nitrogen and oxygen atoms in total. The van der Waals surface area contributed by atoms with Gasteiger partial charge in [-0.15, -0.1) is 0 Å². The van der Waals surface area contributed by atoms with E-state index < -0.39 is 0 Å². The van der Waals surface area contributed by atoms with Crippen LogP contribution in [0.5, 0.6) is 5.75 Å². The number of aromatic nitrogens is 2. The van der Waals surface area contributed by atoms with Crippen LogP contribution in [0, 0.1) is 5.82 Å². The van der Waals surface area contributed by atoms with Gasteiger partial charge in [0.05, 0.1) is 25.0 Å². The van der Waals surface area contributed by atoms with E-state index in [1.807, 2.05) is 30.3 Å². The zero-order valence-electron chi connectivity index (χ0n) is 19.9. The summed E-state index contributed by atoms with van der Waals surface area (Å²) >= 11 is 0. The molecule has 4 aromatic rings. The number of likely N-dealkylation sites (N-methyl/N-ethyl adjacent to an activating group) is 1. The van der Waals surface area contributed by atoms with E-state index in [1.54, 1.807) is 67.5 Å². The fourth-order valence-electron chi connectivity index (χ4n) is 3.51. The Balaban J connectivity index is 1.49. The van der Waals surface area contributed by atoms with Crippen LogP contribution in [-0.2, 0) is 9.59 Å². The quantitative estimate of drug-likeness (QED) is 0.365. The second-order valence-corrected chi connectivity index (χ2v) is 8.02. The number of carbonyl (C=O) groups is 2. The molecule has 0 unspecified atom stereocenters. The first-order valence-corrected chi connectivity index (χ1v) is 11.2. The van der Waals surface area contributed by atoms with Crippen molar-refractivity contribution in [1.82, 2.24) is 14.7 Å². The Kier molecular flexibility index (Phi) is 7.55. The average molecular weight is 485 g/mol. The summed E-state index contributed by atoms with van der Waals surface area (Å²) in [4.78, 5) is 26.4. The van der Waals surface area contributed by atoms with Crippen LogP contribution in [0.15, 0.2) is 91.1 Å². The van der Waals surface area contributed by atoms with Crippen LogP contribution in [0.4, 0.5) is 10.1 Å². The molecule has 0 spiro atoms. The number of benzene rings is 3. The molecule has 182 valence electrons. The van der Waals surface area contributed by atoms with Crippen LogP contribution in [0.3, 0.4) is 0 Å². The smallest absolute Gasteiger partial charge is 0.246 e. The molecule has 1 heterocycles. The van der Waals surface area contributed by atoms with Crippen LogP contribution < -0.4 is 10.1 Å². The van der Waals surface area contributed by atoms with Crippen LogP contribution in [0.2, 0.25) is 0 Å². The van der Waals surface area contributed by atoms with Gasteiger partial charge in [0.15, 0.2) is 0 Å². The van der Waals surface area contributed by atoms with Gasteiger partial charge in [0.1, 0.15) is 11.6 Å². The normalized spacial score (nSPS) is 10.9. The summed E-state index contributed by atoms with van der Waals surface area (Å²) in [6, 6.07) is 22.5. The number of carbonyl (C=O) groups excluding carboxylic acids is 2. The van der Waals surface area contributed by atoms with Gasteiger partial charge in [0.25, 0.3) is 0 Å². The van der Waals surface area contributed by atoms with Gasteiger partial charge in [0.2, 0.25) is 11.8 Å². The van der Waals surface area contributed by atoms with E-state index in [4.69, 9.17) is 4.74 Å². The fourth-order valence-corrected chi connectivity index (χ4v) is 3.51. The molecule has 0 aliphatic rings. The lowest BCUT2D eigenvalue weighted by Crippen LogP contribution is -2.33. The Morgan fingerprint density at radius 3 is 2.39 bits per heavy atom. The summed E-state index contributed by atoms with van der Waals surface area (Å²) in [6.45, 7) is -0.122. The molecule has 1 aromatic heterocycles. The average Bonchev–Trinajstić information content (AvgIpc) is 3.33. The third kappa shape index (κ3) is 6.04. The number of hydrogen-bond acceptors (Lipinski definition) is 4. The van der Waals surface area contributed by atoms with Crippen molar-refractivity contribution in [1.29, 1.82) is 0 Å². The maximum atomic E-state index is 13.5. The highest BCUT2D eigenvalue weighted by atomic mass is 19.1. The van der Waals surface area contributed by atoms with Crippen LogP contribution in [-0.4, -0.2) is 47.2 Å².